The van der Waals surface area contributed by atoms with Crippen molar-refractivity contribution in [2.75, 3.05) is 20.1 Å². The molecule has 0 saturated heterocycles. The van der Waals surface area contributed by atoms with Gasteiger partial charge >= 0.3 is 0 Å². The smallest absolute Gasteiger partial charge is 0.233 e. The lowest BCUT2D eigenvalue weighted by Crippen LogP contribution is -2.45. The number of likely N-dealkylation sites (N-methyl/N-ethyl adjacent to an activating group) is 2. The minimum atomic E-state index is 0.128. The van der Waals surface area contributed by atoms with Gasteiger partial charge in [0.25, 0.3) is 0 Å². The van der Waals surface area contributed by atoms with Crippen LogP contribution in [0.15, 0.2) is 0 Å². The first-order valence-corrected chi connectivity index (χ1v) is 4.72. The Labute approximate surface area is 74.1 Å². The van der Waals surface area contributed by atoms with Gasteiger partial charge in [0.2, 0.25) is 5.91 Å². The molecule has 12 heavy (non-hydrogen) atoms. The second-order valence-corrected chi connectivity index (χ2v) is 3.32. The Morgan fingerprint density at radius 2 is 2.25 bits per heavy atom. The van der Waals surface area contributed by atoms with Crippen molar-refractivity contribution >= 4 is 5.91 Å². The van der Waals surface area contributed by atoms with E-state index in [-0.39, 0.29) is 5.91 Å². The topological polar surface area (TPSA) is 32.3 Å². The largest absolute Gasteiger partial charge is 0.358 e. The molecule has 0 heterocycles. The Morgan fingerprint density at radius 1 is 1.58 bits per heavy atom. The highest BCUT2D eigenvalue weighted by Gasteiger charge is 2.24. The van der Waals surface area contributed by atoms with E-state index in [1.165, 1.54) is 19.3 Å². The quantitative estimate of drug-likeness (QED) is 0.670. The van der Waals surface area contributed by atoms with Gasteiger partial charge in [0.15, 0.2) is 0 Å². The molecule has 1 rings (SSSR count). The van der Waals surface area contributed by atoms with Gasteiger partial charge in [-0.3, -0.25) is 9.69 Å². The number of hydrogen-bond acceptors (Lipinski definition) is 2. The average Bonchev–Trinajstić information content (AvgIpc) is 1.99. The Balaban J connectivity index is 2.29. The summed E-state index contributed by atoms with van der Waals surface area (Å²) in [6, 6.07) is 0.673. The van der Waals surface area contributed by atoms with Gasteiger partial charge in [0.1, 0.15) is 0 Å². The van der Waals surface area contributed by atoms with Crippen molar-refractivity contribution in [1.82, 2.24) is 10.2 Å². The number of amides is 1. The van der Waals surface area contributed by atoms with Crippen LogP contribution in [-0.4, -0.2) is 37.0 Å². The van der Waals surface area contributed by atoms with Gasteiger partial charge in [-0.1, -0.05) is 13.3 Å². The van der Waals surface area contributed by atoms with Crippen molar-refractivity contribution in [2.45, 2.75) is 32.2 Å². The molecule has 70 valence electrons. The number of carbonyl (C=O) groups excluding carboxylic acids is 1. The van der Waals surface area contributed by atoms with Crippen LogP contribution in [-0.2, 0) is 4.79 Å². The van der Waals surface area contributed by atoms with Crippen LogP contribution in [0.5, 0.6) is 0 Å². The summed E-state index contributed by atoms with van der Waals surface area (Å²) >= 11 is 0. The van der Waals surface area contributed by atoms with Gasteiger partial charge in [-0.25, -0.2) is 0 Å². The summed E-state index contributed by atoms with van der Waals surface area (Å²) in [5.41, 5.74) is 0. The molecule has 0 aromatic rings. The van der Waals surface area contributed by atoms with E-state index >= 15 is 0 Å². The predicted molar refractivity (Wildman–Crippen MR) is 49.0 cm³/mol. The number of carbonyl (C=O) groups is 1. The third-order valence-electron chi connectivity index (χ3n) is 2.62. The Hall–Kier alpha value is -0.570. The third-order valence-corrected chi connectivity index (χ3v) is 2.62. The normalized spacial score (nSPS) is 17.6. The monoisotopic (exact) mass is 170 g/mol. The molecule has 3 heteroatoms. The highest BCUT2D eigenvalue weighted by molar-refractivity contribution is 5.77. The Kier molecular flexibility index (Phi) is 3.53. The van der Waals surface area contributed by atoms with Gasteiger partial charge in [-0.05, 0) is 19.4 Å². The zero-order valence-electron chi connectivity index (χ0n) is 7.97. The van der Waals surface area contributed by atoms with Crippen molar-refractivity contribution in [3.63, 3.8) is 0 Å². The first-order valence-electron chi connectivity index (χ1n) is 4.72. The van der Waals surface area contributed by atoms with Crippen molar-refractivity contribution < 1.29 is 4.79 Å². The molecule has 0 spiro atoms. The maximum absolute atomic E-state index is 11.1. The zero-order chi connectivity index (χ0) is 8.97. The van der Waals surface area contributed by atoms with Crippen LogP contribution < -0.4 is 5.32 Å². The molecule has 1 aliphatic carbocycles. The van der Waals surface area contributed by atoms with E-state index in [2.05, 4.69) is 17.1 Å². The highest BCUT2D eigenvalue weighted by atomic mass is 16.1. The highest BCUT2D eigenvalue weighted by Crippen LogP contribution is 2.23. The van der Waals surface area contributed by atoms with E-state index in [0.717, 1.165) is 6.54 Å². The molecule has 1 fully saturated rings. The van der Waals surface area contributed by atoms with Gasteiger partial charge in [0.05, 0.1) is 6.54 Å². The molecule has 1 N–H and O–H groups in total. The summed E-state index contributed by atoms with van der Waals surface area (Å²) in [6.45, 7) is 3.66. The van der Waals surface area contributed by atoms with Crippen LogP contribution in [0.25, 0.3) is 0 Å². The van der Waals surface area contributed by atoms with Crippen molar-refractivity contribution in [3.8, 4) is 0 Å². The molecular formula is C9H18N2O. The summed E-state index contributed by atoms with van der Waals surface area (Å²) in [4.78, 5) is 13.3. The van der Waals surface area contributed by atoms with Crippen LogP contribution in [0.4, 0.5) is 0 Å². The van der Waals surface area contributed by atoms with E-state index in [1.807, 2.05) is 0 Å². The summed E-state index contributed by atoms with van der Waals surface area (Å²) in [5.74, 6) is 0.128. The Bertz CT molecular complexity index is 155. The molecule has 0 aliphatic heterocycles. The lowest BCUT2D eigenvalue weighted by atomic mass is 9.91. The number of nitrogens with one attached hydrogen (secondary N) is 1. The molecule has 3 nitrogen and oxygen atoms in total. The lowest BCUT2D eigenvalue weighted by molar-refractivity contribution is -0.122. The molecule has 1 amide bonds. The second-order valence-electron chi connectivity index (χ2n) is 3.32. The standard InChI is InChI=1S/C9H18N2O/c1-3-11(7-9(12)10-2)8-5-4-6-8/h8H,3-7H2,1-2H3,(H,10,12). The first-order chi connectivity index (χ1) is 5.77. The van der Waals surface area contributed by atoms with Gasteiger partial charge in [0, 0.05) is 13.1 Å². The first kappa shape index (κ1) is 9.52. The van der Waals surface area contributed by atoms with Crippen LogP contribution in [0, 0.1) is 0 Å². The molecule has 0 aromatic carbocycles. The van der Waals surface area contributed by atoms with Crippen molar-refractivity contribution in [2.24, 2.45) is 0 Å². The third kappa shape index (κ3) is 2.21. The fraction of sp³-hybridized carbons (Fsp3) is 0.889. The minimum absolute atomic E-state index is 0.128. The minimum Gasteiger partial charge on any atom is -0.358 e. The molecule has 1 saturated carbocycles. The summed E-state index contributed by atoms with van der Waals surface area (Å²) in [6.07, 6.45) is 3.87. The fourth-order valence-corrected chi connectivity index (χ4v) is 1.51. The molecule has 0 aromatic heterocycles. The van der Waals surface area contributed by atoms with Crippen LogP contribution in [0.1, 0.15) is 26.2 Å². The van der Waals surface area contributed by atoms with E-state index < -0.39 is 0 Å². The molecule has 0 bridgehead atoms. The maximum Gasteiger partial charge on any atom is 0.233 e. The summed E-state index contributed by atoms with van der Waals surface area (Å²) in [7, 11) is 1.69. The van der Waals surface area contributed by atoms with Crippen molar-refractivity contribution in [3.05, 3.63) is 0 Å². The average molecular weight is 170 g/mol. The zero-order valence-corrected chi connectivity index (χ0v) is 7.97. The maximum atomic E-state index is 11.1. The summed E-state index contributed by atoms with van der Waals surface area (Å²) in [5, 5.41) is 2.65. The second kappa shape index (κ2) is 4.45. The van der Waals surface area contributed by atoms with Gasteiger partial charge in [-0.15, -0.1) is 0 Å². The van der Waals surface area contributed by atoms with Gasteiger partial charge in [-0.2, -0.15) is 0 Å². The van der Waals surface area contributed by atoms with E-state index in [0.29, 0.717) is 12.6 Å². The Morgan fingerprint density at radius 3 is 2.58 bits per heavy atom. The van der Waals surface area contributed by atoms with Crippen LogP contribution in [0.3, 0.4) is 0 Å². The fourth-order valence-electron chi connectivity index (χ4n) is 1.51. The number of hydrogen-bond donors (Lipinski definition) is 1. The van der Waals surface area contributed by atoms with Gasteiger partial charge < -0.3 is 5.32 Å². The molecule has 0 unspecified atom stereocenters. The van der Waals surface area contributed by atoms with E-state index in [9.17, 15) is 4.79 Å². The molecular weight excluding hydrogens is 152 g/mol. The molecule has 1 aliphatic rings. The molecule has 0 radical (unpaired) electrons. The predicted octanol–water partition coefficient (Wildman–Crippen LogP) is 0.607. The van der Waals surface area contributed by atoms with E-state index in [1.54, 1.807) is 7.05 Å². The number of rotatable bonds is 4. The number of nitrogens with zero attached hydrogens (tertiary/aromatic N) is 1. The van der Waals surface area contributed by atoms with Crippen LogP contribution in [0.2, 0.25) is 0 Å². The summed E-state index contributed by atoms with van der Waals surface area (Å²) < 4.78 is 0. The van der Waals surface area contributed by atoms with Crippen molar-refractivity contribution in [1.29, 1.82) is 0 Å². The SMILES string of the molecule is CCN(CC(=O)NC)C1CCC1. The molecule has 0 atom stereocenters. The lowest BCUT2D eigenvalue weighted by Gasteiger charge is -2.36. The van der Waals surface area contributed by atoms with E-state index in [4.69, 9.17) is 0 Å². The van der Waals surface area contributed by atoms with Crippen LogP contribution >= 0.6 is 0 Å².